The number of rotatable bonds is 2. The molecule has 0 aliphatic heterocycles. The number of halogens is 2. The van der Waals surface area contributed by atoms with Crippen LogP contribution in [0.2, 0.25) is 5.02 Å². The molecule has 0 aromatic heterocycles. The molecule has 0 aliphatic carbocycles. The van der Waals surface area contributed by atoms with Gasteiger partial charge in [0.05, 0.1) is 5.54 Å². The highest BCUT2D eigenvalue weighted by Gasteiger charge is 2.22. The van der Waals surface area contributed by atoms with Crippen molar-refractivity contribution < 1.29 is 9.18 Å². The van der Waals surface area contributed by atoms with Crippen LogP contribution in [0.25, 0.3) is 0 Å². The van der Waals surface area contributed by atoms with Crippen LogP contribution in [0.4, 0.5) is 4.39 Å². The van der Waals surface area contributed by atoms with Crippen molar-refractivity contribution >= 4 is 17.7 Å². The Kier molecular flexibility index (Phi) is 3.04. The van der Waals surface area contributed by atoms with Crippen LogP contribution in [0, 0.1) is 5.82 Å². The first-order valence-corrected chi connectivity index (χ1v) is 4.40. The number of hydrogen-bond acceptors (Lipinski definition) is 2. The highest BCUT2D eigenvalue weighted by Crippen LogP contribution is 2.31. The lowest BCUT2D eigenvalue weighted by Crippen LogP contribution is -2.14. The standard InChI is InChI=1S/C10H9ClFNO/c1-10(2,13-6-14)8-5-7(12)3-4-9(8)11/h3-5H,1-2H3. The highest BCUT2D eigenvalue weighted by molar-refractivity contribution is 6.31. The summed E-state index contributed by atoms with van der Waals surface area (Å²) in [6.45, 7) is 3.33. The van der Waals surface area contributed by atoms with Gasteiger partial charge >= 0.3 is 0 Å². The van der Waals surface area contributed by atoms with Gasteiger partial charge in [-0.25, -0.2) is 9.18 Å². The zero-order chi connectivity index (χ0) is 10.8. The van der Waals surface area contributed by atoms with E-state index < -0.39 is 11.4 Å². The molecule has 0 N–H and O–H groups in total. The minimum atomic E-state index is -0.846. The molecule has 0 spiro atoms. The van der Waals surface area contributed by atoms with Crippen LogP contribution in [0.15, 0.2) is 23.2 Å². The molecule has 1 aromatic rings. The number of nitrogens with zero attached hydrogens (tertiary/aromatic N) is 1. The van der Waals surface area contributed by atoms with Crippen LogP contribution < -0.4 is 0 Å². The first-order valence-electron chi connectivity index (χ1n) is 4.02. The molecule has 0 heterocycles. The van der Waals surface area contributed by atoms with E-state index in [0.29, 0.717) is 10.6 Å². The Morgan fingerprint density at radius 1 is 1.50 bits per heavy atom. The van der Waals surface area contributed by atoms with E-state index in [1.54, 1.807) is 13.8 Å². The number of hydrogen-bond donors (Lipinski definition) is 0. The monoisotopic (exact) mass is 213 g/mol. The topological polar surface area (TPSA) is 29.4 Å². The summed E-state index contributed by atoms with van der Waals surface area (Å²) in [4.78, 5) is 13.7. The van der Waals surface area contributed by atoms with E-state index >= 15 is 0 Å². The zero-order valence-corrected chi connectivity index (χ0v) is 8.60. The first kappa shape index (κ1) is 10.9. The van der Waals surface area contributed by atoms with Gasteiger partial charge in [0.25, 0.3) is 0 Å². The SMILES string of the molecule is CC(C)(N=C=O)c1cc(F)ccc1Cl. The second kappa shape index (κ2) is 3.91. The first-order chi connectivity index (χ1) is 6.47. The van der Waals surface area contributed by atoms with E-state index in [9.17, 15) is 9.18 Å². The minimum Gasteiger partial charge on any atom is -0.211 e. The number of benzene rings is 1. The fourth-order valence-electron chi connectivity index (χ4n) is 1.14. The van der Waals surface area contributed by atoms with E-state index in [2.05, 4.69) is 4.99 Å². The Bertz CT molecular complexity index is 397. The van der Waals surface area contributed by atoms with Crippen LogP contribution in [0.5, 0.6) is 0 Å². The molecule has 0 saturated carbocycles. The second-order valence-electron chi connectivity index (χ2n) is 3.39. The molecule has 1 aromatic carbocycles. The summed E-state index contributed by atoms with van der Waals surface area (Å²) in [5.41, 5.74) is -0.372. The van der Waals surface area contributed by atoms with Gasteiger partial charge in [0.2, 0.25) is 6.08 Å². The van der Waals surface area contributed by atoms with Gasteiger partial charge in [0, 0.05) is 10.6 Å². The minimum absolute atomic E-state index is 0.385. The third kappa shape index (κ3) is 2.19. The van der Waals surface area contributed by atoms with Crippen molar-refractivity contribution in [3.05, 3.63) is 34.6 Å². The Balaban J connectivity index is 3.30. The van der Waals surface area contributed by atoms with Gasteiger partial charge in [0.1, 0.15) is 5.82 Å². The summed E-state index contributed by atoms with van der Waals surface area (Å²) in [7, 11) is 0. The molecule has 0 radical (unpaired) electrons. The molecule has 74 valence electrons. The van der Waals surface area contributed by atoms with E-state index in [0.717, 1.165) is 0 Å². The maximum atomic E-state index is 12.9. The van der Waals surface area contributed by atoms with Crippen molar-refractivity contribution in [1.29, 1.82) is 0 Å². The normalized spacial score (nSPS) is 10.9. The molecule has 0 unspecified atom stereocenters. The Morgan fingerprint density at radius 3 is 2.71 bits per heavy atom. The van der Waals surface area contributed by atoms with Gasteiger partial charge in [-0.05, 0) is 32.0 Å². The largest absolute Gasteiger partial charge is 0.235 e. The van der Waals surface area contributed by atoms with Gasteiger partial charge in [-0.2, -0.15) is 4.99 Å². The Labute approximate surface area is 86.4 Å². The quantitative estimate of drug-likeness (QED) is 0.549. The zero-order valence-electron chi connectivity index (χ0n) is 7.84. The number of aliphatic imine (C=N–C) groups is 1. The van der Waals surface area contributed by atoms with Gasteiger partial charge in [-0.1, -0.05) is 11.6 Å². The van der Waals surface area contributed by atoms with Crippen molar-refractivity contribution in [3.8, 4) is 0 Å². The number of carbonyl (C=O) groups excluding carboxylic acids is 1. The van der Waals surface area contributed by atoms with Crippen LogP contribution in [0.1, 0.15) is 19.4 Å². The fourth-order valence-corrected chi connectivity index (χ4v) is 1.49. The second-order valence-corrected chi connectivity index (χ2v) is 3.79. The lowest BCUT2D eigenvalue weighted by atomic mass is 9.95. The molecule has 1 rings (SSSR count). The van der Waals surface area contributed by atoms with E-state index in [4.69, 9.17) is 11.6 Å². The summed E-state index contributed by atoms with van der Waals surface area (Å²) < 4.78 is 12.9. The maximum absolute atomic E-state index is 12.9. The molecule has 0 saturated heterocycles. The van der Waals surface area contributed by atoms with E-state index in [-0.39, 0.29) is 0 Å². The maximum Gasteiger partial charge on any atom is 0.235 e. The van der Waals surface area contributed by atoms with Gasteiger partial charge in [0.15, 0.2) is 0 Å². The molecular weight excluding hydrogens is 205 g/mol. The summed E-state index contributed by atoms with van der Waals surface area (Å²) in [6, 6.07) is 3.96. The summed E-state index contributed by atoms with van der Waals surface area (Å²) in [5.74, 6) is -0.404. The van der Waals surface area contributed by atoms with Crippen LogP contribution in [-0.2, 0) is 10.3 Å². The third-order valence-corrected chi connectivity index (χ3v) is 2.24. The van der Waals surface area contributed by atoms with Crippen LogP contribution in [0.3, 0.4) is 0 Å². The van der Waals surface area contributed by atoms with E-state index in [1.165, 1.54) is 24.3 Å². The van der Waals surface area contributed by atoms with Crippen molar-refractivity contribution in [2.24, 2.45) is 4.99 Å². The molecule has 0 atom stereocenters. The van der Waals surface area contributed by atoms with Gasteiger partial charge in [-0.15, -0.1) is 0 Å². The fraction of sp³-hybridized carbons (Fsp3) is 0.300. The highest BCUT2D eigenvalue weighted by atomic mass is 35.5. The summed E-state index contributed by atoms with van der Waals surface area (Å²) in [6.07, 6.45) is 1.45. The average molecular weight is 214 g/mol. The molecule has 4 heteroatoms. The predicted octanol–water partition coefficient (Wildman–Crippen LogP) is 3.05. The average Bonchev–Trinajstić information content (AvgIpc) is 2.09. The molecule has 0 bridgehead atoms. The Morgan fingerprint density at radius 2 is 2.14 bits per heavy atom. The lowest BCUT2D eigenvalue weighted by molar-refractivity contribution is 0.518. The molecule has 0 amide bonds. The number of isocyanates is 1. The summed E-state index contributed by atoms with van der Waals surface area (Å²) >= 11 is 5.86. The molecule has 0 fully saturated rings. The molecular formula is C10H9ClFNO. The molecule has 0 aliphatic rings. The molecule has 2 nitrogen and oxygen atoms in total. The van der Waals surface area contributed by atoms with Crippen molar-refractivity contribution in [2.45, 2.75) is 19.4 Å². The van der Waals surface area contributed by atoms with Crippen molar-refractivity contribution in [2.75, 3.05) is 0 Å². The predicted molar refractivity (Wildman–Crippen MR) is 52.6 cm³/mol. The lowest BCUT2D eigenvalue weighted by Gasteiger charge is -2.19. The Hall–Kier alpha value is -1.18. The van der Waals surface area contributed by atoms with Crippen molar-refractivity contribution in [1.82, 2.24) is 0 Å². The van der Waals surface area contributed by atoms with Gasteiger partial charge in [-0.3, -0.25) is 0 Å². The third-order valence-electron chi connectivity index (χ3n) is 1.91. The summed E-state index contributed by atoms with van der Waals surface area (Å²) in [5, 5.41) is 0.385. The molecule has 14 heavy (non-hydrogen) atoms. The smallest absolute Gasteiger partial charge is 0.211 e. The van der Waals surface area contributed by atoms with Gasteiger partial charge < -0.3 is 0 Å². The van der Waals surface area contributed by atoms with Crippen LogP contribution >= 0.6 is 11.6 Å². The van der Waals surface area contributed by atoms with E-state index in [1.807, 2.05) is 0 Å². The van der Waals surface area contributed by atoms with Crippen molar-refractivity contribution in [3.63, 3.8) is 0 Å². The van der Waals surface area contributed by atoms with Crippen LogP contribution in [-0.4, -0.2) is 6.08 Å².